The van der Waals surface area contributed by atoms with Crippen molar-refractivity contribution in [2.75, 3.05) is 95.2 Å². The Labute approximate surface area is 501 Å². The van der Waals surface area contributed by atoms with Crippen LogP contribution in [0.4, 0.5) is 22.7 Å². The van der Waals surface area contributed by atoms with Crippen LogP contribution in [0.2, 0.25) is 0 Å². The van der Waals surface area contributed by atoms with Crippen molar-refractivity contribution in [1.29, 1.82) is 0 Å². The van der Waals surface area contributed by atoms with Crippen LogP contribution in [-0.4, -0.2) is 140 Å². The minimum Gasteiger partial charge on any atom is -0.493 e. The lowest BCUT2D eigenvalue weighted by molar-refractivity contribution is -0.128. The van der Waals surface area contributed by atoms with Gasteiger partial charge in [-0.2, -0.15) is 0 Å². The highest BCUT2D eigenvalue weighted by molar-refractivity contribution is 6.15. The number of para-hydroxylation sites is 2. The van der Waals surface area contributed by atoms with E-state index < -0.39 is 5.91 Å². The second kappa shape index (κ2) is 30.1. The summed E-state index contributed by atoms with van der Waals surface area (Å²) in [6.07, 6.45) is 5.29. The number of aliphatic imine (C=N–C) groups is 1. The number of nitrogens with zero attached hydrogens (tertiary/aromatic N) is 4. The maximum Gasteiger partial charge on any atom is 0.261 e. The van der Waals surface area contributed by atoms with Crippen molar-refractivity contribution in [3.8, 4) is 23.0 Å². The second-order valence-electron chi connectivity index (χ2n) is 21.8. The number of carbonyl (C=O) groups is 7. The van der Waals surface area contributed by atoms with E-state index in [2.05, 4.69) is 21.6 Å². The van der Waals surface area contributed by atoms with Gasteiger partial charge >= 0.3 is 0 Å². The van der Waals surface area contributed by atoms with E-state index in [0.717, 1.165) is 57.7 Å². The van der Waals surface area contributed by atoms with Crippen molar-refractivity contribution >= 4 is 69.9 Å². The summed E-state index contributed by atoms with van der Waals surface area (Å²) in [5.74, 6) is 0.0929. The third kappa shape index (κ3) is 15.9. The van der Waals surface area contributed by atoms with Crippen LogP contribution in [0.15, 0.2) is 96.0 Å². The third-order valence-electron chi connectivity index (χ3n) is 15.7. The van der Waals surface area contributed by atoms with Gasteiger partial charge in [0.15, 0.2) is 28.8 Å². The van der Waals surface area contributed by atoms with E-state index in [1.165, 1.54) is 14.0 Å². The molecule has 0 saturated heterocycles. The summed E-state index contributed by atoms with van der Waals surface area (Å²) in [6.45, 7) is 4.32. The number of hydrogen-bond donors (Lipinski definition) is 2. The molecule has 20 nitrogen and oxygen atoms in total. The van der Waals surface area contributed by atoms with E-state index in [1.54, 1.807) is 37.3 Å². The number of amides is 4. The number of hydrogen-bond acceptors (Lipinski definition) is 16. The van der Waals surface area contributed by atoms with Crippen molar-refractivity contribution in [3.63, 3.8) is 0 Å². The number of ether oxygens (including phenoxy) is 7. The quantitative estimate of drug-likeness (QED) is 0.0381. The molecule has 0 bridgehead atoms. The van der Waals surface area contributed by atoms with Crippen molar-refractivity contribution < 1.29 is 66.7 Å². The summed E-state index contributed by atoms with van der Waals surface area (Å²) in [5.41, 5.74) is 8.68. The zero-order valence-electron chi connectivity index (χ0n) is 49.5. The minimum atomic E-state index is -0.448. The van der Waals surface area contributed by atoms with Crippen LogP contribution in [0, 0.1) is 0 Å². The van der Waals surface area contributed by atoms with Gasteiger partial charge < -0.3 is 53.6 Å². The van der Waals surface area contributed by atoms with E-state index in [9.17, 15) is 33.6 Å². The molecule has 0 aliphatic carbocycles. The average molecular weight is 1180 g/mol. The summed E-state index contributed by atoms with van der Waals surface area (Å²) in [7, 11) is 4.70. The lowest BCUT2D eigenvalue weighted by Gasteiger charge is -2.26. The molecule has 86 heavy (non-hydrogen) atoms. The molecular formula is C66H76N6O14. The maximum atomic E-state index is 14.3. The van der Waals surface area contributed by atoms with E-state index >= 15 is 0 Å². The molecule has 0 fully saturated rings. The molecule has 4 aliphatic heterocycles. The zero-order chi connectivity index (χ0) is 60.5. The molecule has 5 aromatic rings. The average Bonchev–Trinajstić information content (AvgIpc) is 1.83. The van der Waals surface area contributed by atoms with E-state index in [4.69, 9.17) is 38.2 Å². The Morgan fingerprint density at radius 2 is 1.22 bits per heavy atom. The number of carbonyl (C=O) groups excluding carboxylic acids is 7. The van der Waals surface area contributed by atoms with Gasteiger partial charge in [0, 0.05) is 113 Å². The predicted octanol–water partition coefficient (Wildman–Crippen LogP) is 7.84. The first-order valence-electron chi connectivity index (χ1n) is 29.4. The topological polar surface area (TPSA) is 230 Å². The fraction of sp³-hybridized carbons (Fsp3) is 0.424. The van der Waals surface area contributed by atoms with E-state index in [1.807, 2.05) is 77.8 Å². The molecule has 20 heteroatoms. The number of ketones is 3. The molecule has 0 aromatic heterocycles. The molecule has 2 N–H and O–H groups in total. The molecule has 2 atom stereocenters. The van der Waals surface area contributed by atoms with Crippen LogP contribution in [0.3, 0.4) is 0 Å². The molecule has 4 amide bonds. The van der Waals surface area contributed by atoms with Crippen LogP contribution < -0.4 is 44.3 Å². The minimum absolute atomic E-state index is 0.0232. The fourth-order valence-corrected chi connectivity index (χ4v) is 11.2. The van der Waals surface area contributed by atoms with Gasteiger partial charge in [-0.25, -0.2) is 0 Å². The van der Waals surface area contributed by atoms with Gasteiger partial charge in [0.25, 0.3) is 11.8 Å². The van der Waals surface area contributed by atoms with Gasteiger partial charge in [-0.3, -0.25) is 43.5 Å². The second-order valence-corrected chi connectivity index (χ2v) is 21.8. The van der Waals surface area contributed by atoms with Crippen LogP contribution in [0.25, 0.3) is 0 Å². The number of Topliss-reactive ketones (excluding diaryl/α,β-unsaturated/α-hetero) is 3. The number of rotatable bonds is 33. The highest BCUT2D eigenvalue weighted by Gasteiger charge is 2.39. The molecule has 5 aromatic carbocycles. The Balaban J connectivity index is 0.924. The zero-order valence-corrected chi connectivity index (χ0v) is 49.5. The summed E-state index contributed by atoms with van der Waals surface area (Å²) >= 11 is 0. The van der Waals surface area contributed by atoms with Gasteiger partial charge in [0.05, 0.1) is 71.1 Å². The highest BCUT2D eigenvalue weighted by Crippen LogP contribution is 2.43. The molecular weight excluding hydrogens is 1100 g/mol. The van der Waals surface area contributed by atoms with Crippen LogP contribution >= 0.6 is 0 Å². The first kappa shape index (κ1) is 62.1. The molecule has 4 heterocycles. The van der Waals surface area contributed by atoms with Crippen LogP contribution in [0.5, 0.6) is 23.0 Å². The smallest absolute Gasteiger partial charge is 0.261 e. The SMILES string of the molecule is COCCOCCOCCN(CCCC(=O)CCC(=O)NCC(=O)CCC(=O)NCCC(C)=O)c1cc(COc2cc3c(cc2OC)C(=O)N2c4ccccc4C[C@H]2CC3)cc(COc2cc3c(cc2OC)C(=O)N2c4ccccc4C[C@H]2C=N3)c1. The summed E-state index contributed by atoms with van der Waals surface area (Å²) in [4.78, 5) is 101. The first-order chi connectivity index (χ1) is 41.8. The van der Waals surface area contributed by atoms with Gasteiger partial charge in [-0.15, -0.1) is 0 Å². The monoisotopic (exact) mass is 1180 g/mol. The van der Waals surface area contributed by atoms with Crippen LogP contribution in [-0.2, 0) is 70.7 Å². The lowest BCUT2D eigenvalue weighted by atomic mass is 9.99. The van der Waals surface area contributed by atoms with Crippen molar-refractivity contribution in [1.82, 2.24) is 10.6 Å². The molecule has 9 rings (SSSR count). The number of benzene rings is 5. The number of methoxy groups -OCH3 is 3. The van der Waals surface area contributed by atoms with Gasteiger partial charge in [0.2, 0.25) is 11.8 Å². The number of aryl methyl sites for hydroxylation is 1. The van der Waals surface area contributed by atoms with E-state index in [0.29, 0.717) is 105 Å². The molecule has 0 radical (unpaired) electrons. The van der Waals surface area contributed by atoms with Crippen molar-refractivity contribution in [2.24, 2.45) is 4.99 Å². The van der Waals surface area contributed by atoms with Crippen LogP contribution in [0.1, 0.15) is 107 Å². The molecule has 0 saturated carbocycles. The molecule has 0 unspecified atom stereocenters. The highest BCUT2D eigenvalue weighted by atomic mass is 16.5. The maximum absolute atomic E-state index is 14.3. The number of nitrogens with one attached hydrogen (secondary N) is 2. The van der Waals surface area contributed by atoms with Gasteiger partial charge in [-0.1, -0.05) is 36.4 Å². The van der Waals surface area contributed by atoms with Gasteiger partial charge in [0.1, 0.15) is 24.8 Å². The Kier molecular flexibility index (Phi) is 21.7. The summed E-state index contributed by atoms with van der Waals surface area (Å²) in [6, 6.07) is 28.9. The van der Waals surface area contributed by atoms with Crippen molar-refractivity contribution in [3.05, 3.63) is 130 Å². The standard InChI is InChI=1S/C66H76N6O14/c1-43(73)21-22-67-63(76)20-18-53(75)40-69-64(77)19-17-52(74)12-9-23-70(24-25-83-28-29-84-27-26-80-2)50-31-44(41-85-61-35-46-15-16-49-33-47-10-5-7-13-57(47)71(49)65(78)54(46)36-59(61)81-3)30-45(32-50)42-86-62-38-56-55(37-60(62)82-4)66(79)72-51(39-68-56)34-48-11-6-8-14-58(48)72/h5-8,10-11,13-14,30-32,35-39,49,51H,9,12,15-29,33-34,40-42H2,1-4H3,(H,67,76)(H,69,77)/t49-,51+/m1/s1. The first-order valence-corrected chi connectivity index (χ1v) is 29.4. The summed E-state index contributed by atoms with van der Waals surface area (Å²) < 4.78 is 41.9. The Bertz CT molecular complexity index is 3330. The van der Waals surface area contributed by atoms with Crippen molar-refractivity contribution in [2.45, 2.75) is 103 Å². The van der Waals surface area contributed by atoms with E-state index in [-0.39, 0.29) is 112 Å². The Hall–Kier alpha value is -8.46. The largest absolute Gasteiger partial charge is 0.493 e. The molecule has 454 valence electrons. The molecule has 4 aliphatic rings. The lowest BCUT2D eigenvalue weighted by Crippen LogP contribution is -2.37. The number of fused-ring (bicyclic) bond motifs is 8. The third-order valence-corrected chi connectivity index (χ3v) is 15.7. The number of anilines is 3. The summed E-state index contributed by atoms with van der Waals surface area (Å²) in [5, 5.41) is 5.15. The van der Waals surface area contributed by atoms with Gasteiger partial charge in [-0.05, 0) is 109 Å². The molecule has 0 spiro atoms. The Morgan fingerprint density at radius 3 is 1.92 bits per heavy atom. The normalized spacial score (nSPS) is 15.3. The predicted molar refractivity (Wildman–Crippen MR) is 324 cm³/mol. The Morgan fingerprint density at radius 1 is 0.605 bits per heavy atom. The fourth-order valence-electron chi connectivity index (χ4n) is 11.2.